The third-order valence-electron chi connectivity index (χ3n) is 4.51. The molecule has 4 heteroatoms. The minimum Gasteiger partial charge on any atom is -0.381 e. The molecule has 0 spiro atoms. The van der Waals surface area contributed by atoms with Gasteiger partial charge in [-0.15, -0.1) is 0 Å². The van der Waals surface area contributed by atoms with Crippen LogP contribution in [-0.4, -0.2) is 6.72 Å². The summed E-state index contributed by atoms with van der Waals surface area (Å²) < 4.78 is 0. The van der Waals surface area contributed by atoms with E-state index in [1.54, 1.807) is 12.3 Å². The van der Waals surface area contributed by atoms with E-state index in [1.807, 2.05) is 25.1 Å². The van der Waals surface area contributed by atoms with Crippen molar-refractivity contribution >= 4 is 35.6 Å². The highest BCUT2D eigenvalue weighted by Crippen LogP contribution is 2.22. The number of hydrogen-bond acceptors (Lipinski definition) is 2. The lowest BCUT2D eigenvalue weighted by Gasteiger charge is -2.14. The molecule has 1 N–H and O–H groups in total. The van der Waals surface area contributed by atoms with E-state index in [9.17, 15) is 0 Å². The van der Waals surface area contributed by atoms with Crippen molar-refractivity contribution in [3.05, 3.63) is 99.2 Å². The van der Waals surface area contributed by atoms with Gasteiger partial charge in [-0.3, -0.25) is 4.99 Å². The van der Waals surface area contributed by atoms with Crippen molar-refractivity contribution in [2.75, 3.05) is 0 Å². The Morgan fingerprint density at radius 1 is 1.18 bits per heavy atom. The predicted octanol–water partition coefficient (Wildman–Crippen LogP) is 6.85. The molecular weight excluding hydrogens is 387 g/mol. The largest absolute Gasteiger partial charge is 0.381 e. The molecule has 0 saturated carbocycles. The minimum absolute atomic E-state index is 0.681. The van der Waals surface area contributed by atoms with Crippen molar-refractivity contribution in [3.8, 4) is 0 Å². The summed E-state index contributed by atoms with van der Waals surface area (Å²) in [5.74, 6) is 0. The Morgan fingerprint density at radius 2 is 1.96 bits per heavy atom. The van der Waals surface area contributed by atoms with Crippen LogP contribution in [0.3, 0.4) is 0 Å². The lowest BCUT2D eigenvalue weighted by atomic mass is 9.98. The van der Waals surface area contributed by atoms with Gasteiger partial charge in [0.05, 0.1) is 0 Å². The average molecular weight is 413 g/mol. The topological polar surface area (TPSA) is 24.4 Å². The predicted molar refractivity (Wildman–Crippen MR) is 124 cm³/mol. The summed E-state index contributed by atoms with van der Waals surface area (Å²) in [6.45, 7) is 12.4. The van der Waals surface area contributed by atoms with Gasteiger partial charge in [0.2, 0.25) is 0 Å². The molecule has 0 heterocycles. The second kappa shape index (κ2) is 10.9. The smallest absolute Gasteiger partial charge is 0.0438 e. The number of hydrogen-bond donors (Lipinski definition) is 1. The van der Waals surface area contributed by atoms with E-state index < -0.39 is 0 Å². The van der Waals surface area contributed by atoms with Crippen molar-refractivity contribution in [3.63, 3.8) is 0 Å². The van der Waals surface area contributed by atoms with E-state index in [2.05, 4.69) is 54.8 Å². The Morgan fingerprint density at radius 3 is 2.64 bits per heavy atom. The molecule has 0 radical (unpaired) electrons. The third-order valence-corrected chi connectivity index (χ3v) is 5.17. The van der Waals surface area contributed by atoms with Gasteiger partial charge in [0, 0.05) is 34.9 Å². The summed E-state index contributed by atoms with van der Waals surface area (Å²) in [6.07, 6.45) is 6.87. The van der Waals surface area contributed by atoms with Gasteiger partial charge >= 0.3 is 0 Å². The maximum Gasteiger partial charge on any atom is 0.0438 e. The Kier molecular flexibility index (Phi) is 8.56. The average Bonchev–Trinajstić information content (AvgIpc) is 2.69. The molecule has 0 fully saturated rings. The maximum atomic E-state index is 6.33. The molecule has 2 aromatic carbocycles. The molecular formula is C24H26Cl2N2. The summed E-state index contributed by atoms with van der Waals surface area (Å²) in [6, 6.07) is 12.5. The Balaban J connectivity index is 2.08. The number of allylic oxidation sites excluding steroid dienone is 3. The molecule has 0 aliphatic rings. The van der Waals surface area contributed by atoms with Crippen LogP contribution in [0.25, 0.3) is 5.70 Å². The summed E-state index contributed by atoms with van der Waals surface area (Å²) in [5.41, 5.74) is 6.65. The molecule has 146 valence electrons. The third kappa shape index (κ3) is 6.40. The molecule has 0 aliphatic carbocycles. The summed E-state index contributed by atoms with van der Waals surface area (Å²) in [5, 5.41) is 4.94. The van der Waals surface area contributed by atoms with Gasteiger partial charge in [0.15, 0.2) is 0 Å². The fourth-order valence-electron chi connectivity index (χ4n) is 2.82. The molecule has 0 atom stereocenters. The number of aryl methyl sites for hydroxylation is 2. The number of halogens is 2. The van der Waals surface area contributed by atoms with Gasteiger partial charge in [-0.1, -0.05) is 61.0 Å². The van der Waals surface area contributed by atoms with Crippen molar-refractivity contribution in [2.45, 2.75) is 33.2 Å². The fraction of sp³-hybridized carbons (Fsp3) is 0.208. The normalized spacial score (nSPS) is 11.6. The van der Waals surface area contributed by atoms with Crippen molar-refractivity contribution < 1.29 is 0 Å². The summed E-state index contributed by atoms with van der Waals surface area (Å²) >= 11 is 12.5. The molecule has 2 aromatic rings. The van der Waals surface area contributed by atoms with E-state index >= 15 is 0 Å². The van der Waals surface area contributed by atoms with Crippen molar-refractivity contribution in [1.82, 2.24) is 5.32 Å². The number of nitrogens with one attached hydrogen (secondary N) is 1. The second-order valence-electron chi connectivity index (χ2n) is 6.57. The highest BCUT2D eigenvalue weighted by Gasteiger charge is 2.07. The zero-order valence-corrected chi connectivity index (χ0v) is 17.9. The molecule has 2 nitrogen and oxygen atoms in total. The van der Waals surface area contributed by atoms with Crippen molar-refractivity contribution in [1.29, 1.82) is 0 Å². The zero-order chi connectivity index (χ0) is 20.5. The maximum absolute atomic E-state index is 6.33. The summed E-state index contributed by atoms with van der Waals surface area (Å²) in [4.78, 5) is 3.67. The first-order chi connectivity index (χ1) is 13.4. The molecule has 0 amide bonds. The van der Waals surface area contributed by atoms with E-state index in [4.69, 9.17) is 23.2 Å². The van der Waals surface area contributed by atoms with Crippen LogP contribution >= 0.6 is 23.2 Å². The van der Waals surface area contributed by atoms with Gasteiger partial charge in [-0.2, -0.15) is 0 Å². The van der Waals surface area contributed by atoms with E-state index in [-0.39, 0.29) is 0 Å². The van der Waals surface area contributed by atoms with Gasteiger partial charge < -0.3 is 5.32 Å². The standard InChI is InChI=1S/C24H26Cl2N2/c1-5-20-14-21(10-11-22(20)15-23(25)7-6-12-27-4)18(3)28-16-19-9-8-17(2)24(26)13-19/h6-14,28H,3-5,15-16H2,1-2H3/b12-6-,23-7+. The van der Waals surface area contributed by atoms with Gasteiger partial charge in [0.1, 0.15) is 0 Å². The van der Waals surface area contributed by atoms with Gasteiger partial charge in [-0.05, 0) is 72.2 Å². The first-order valence-corrected chi connectivity index (χ1v) is 9.97. The molecule has 0 aliphatic heterocycles. The van der Waals surface area contributed by atoms with Crippen LogP contribution in [-0.2, 0) is 19.4 Å². The first kappa shape index (κ1) is 22.0. The number of rotatable bonds is 9. The minimum atomic E-state index is 0.681. The van der Waals surface area contributed by atoms with E-state index in [1.165, 1.54) is 11.1 Å². The second-order valence-corrected chi connectivity index (χ2v) is 7.46. The molecule has 0 unspecified atom stereocenters. The van der Waals surface area contributed by atoms with Crippen LogP contribution < -0.4 is 5.32 Å². The highest BCUT2D eigenvalue weighted by molar-refractivity contribution is 6.31. The fourth-order valence-corrected chi connectivity index (χ4v) is 3.24. The quantitative estimate of drug-likeness (QED) is 0.353. The molecule has 0 saturated heterocycles. The Bertz CT molecular complexity index is 911. The Labute approximate surface area is 178 Å². The lowest BCUT2D eigenvalue weighted by Crippen LogP contribution is -2.11. The number of nitrogens with zero attached hydrogens (tertiary/aromatic N) is 1. The van der Waals surface area contributed by atoms with Crippen LogP contribution in [0, 0.1) is 6.92 Å². The molecule has 0 aromatic heterocycles. The molecule has 0 bridgehead atoms. The van der Waals surface area contributed by atoms with Crippen LogP contribution in [0.5, 0.6) is 0 Å². The van der Waals surface area contributed by atoms with E-state index in [0.29, 0.717) is 13.0 Å². The monoisotopic (exact) mass is 412 g/mol. The van der Waals surface area contributed by atoms with Crippen LogP contribution in [0.4, 0.5) is 0 Å². The zero-order valence-electron chi connectivity index (χ0n) is 16.4. The van der Waals surface area contributed by atoms with Gasteiger partial charge in [-0.25, -0.2) is 0 Å². The SMILES string of the molecule is C=N/C=C\C=C(\Cl)Cc1ccc(C(=C)NCc2ccc(C)c(Cl)c2)cc1CC. The first-order valence-electron chi connectivity index (χ1n) is 9.21. The number of benzene rings is 2. The molecule has 28 heavy (non-hydrogen) atoms. The summed E-state index contributed by atoms with van der Waals surface area (Å²) in [7, 11) is 0. The molecule has 2 rings (SSSR count). The van der Waals surface area contributed by atoms with Crippen LogP contribution in [0.15, 0.2) is 71.4 Å². The van der Waals surface area contributed by atoms with E-state index in [0.717, 1.165) is 38.9 Å². The van der Waals surface area contributed by atoms with Crippen LogP contribution in [0.2, 0.25) is 5.02 Å². The lowest BCUT2D eigenvalue weighted by molar-refractivity contribution is 0.890. The van der Waals surface area contributed by atoms with Gasteiger partial charge in [0.25, 0.3) is 0 Å². The Hall–Kier alpha value is -2.29. The number of aliphatic imine (C=N–C) groups is 1. The highest BCUT2D eigenvalue weighted by atomic mass is 35.5. The van der Waals surface area contributed by atoms with Crippen LogP contribution in [0.1, 0.15) is 34.7 Å². The van der Waals surface area contributed by atoms with Crippen molar-refractivity contribution in [2.24, 2.45) is 4.99 Å².